The van der Waals surface area contributed by atoms with E-state index >= 15 is 0 Å². The zero-order valence-corrected chi connectivity index (χ0v) is 10.5. The summed E-state index contributed by atoms with van der Waals surface area (Å²) in [5.41, 5.74) is 7.72. The Kier molecular flexibility index (Phi) is 2.70. The monoisotopic (exact) mass is 243 g/mol. The predicted molar refractivity (Wildman–Crippen MR) is 71.3 cm³/mol. The molecule has 0 bridgehead atoms. The first-order valence-corrected chi connectivity index (χ1v) is 6.29. The lowest BCUT2D eigenvalue weighted by atomic mass is 9.96. The molecule has 0 saturated heterocycles. The Bertz CT molecular complexity index is 538. The maximum absolute atomic E-state index is 5.88. The van der Waals surface area contributed by atoms with E-state index in [1.54, 1.807) is 4.68 Å². The first-order chi connectivity index (χ1) is 8.72. The third-order valence-corrected chi connectivity index (χ3v) is 3.40. The van der Waals surface area contributed by atoms with Gasteiger partial charge in [-0.1, -0.05) is 12.1 Å². The number of nitrogen functional groups attached to an aromatic ring is 1. The highest BCUT2D eigenvalue weighted by atomic mass is 16.5. The molecule has 18 heavy (non-hydrogen) atoms. The van der Waals surface area contributed by atoms with Gasteiger partial charge in [-0.15, -0.1) is 0 Å². The van der Waals surface area contributed by atoms with E-state index in [1.807, 2.05) is 37.4 Å². The highest BCUT2D eigenvalue weighted by Gasteiger charge is 2.19. The fourth-order valence-corrected chi connectivity index (χ4v) is 2.03. The van der Waals surface area contributed by atoms with Gasteiger partial charge in [-0.2, -0.15) is 5.10 Å². The first-order valence-electron chi connectivity index (χ1n) is 6.29. The molecule has 2 N–H and O–H groups in total. The van der Waals surface area contributed by atoms with Crippen molar-refractivity contribution in [2.24, 2.45) is 7.05 Å². The Balaban J connectivity index is 1.85. The Morgan fingerprint density at radius 2 is 2.17 bits per heavy atom. The summed E-state index contributed by atoms with van der Waals surface area (Å²) >= 11 is 0. The van der Waals surface area contributed by atoms with Gasteiger partial charge in [0.2, 0.25) is 0 Å². The molecule has 1 fully saturated rings. The van der Waals surface area contributed by atoms with Crippen molar-refractivity contribution in [1.82, 2.24) is 9.78 Å². The highest BCUT2D eigenvalue weighted by molar-refractivity contribution is 5.63. The Hall–Kier alpha value is -1.97. The van der Waals surface area contributed by atoms with E-state index < -0.39 is 0 Å². The van der Waals surface area contributed by atoms with Crippen LogP contribution in [0.15, 0.2) is 30.3 Å². The summed E-state index contributed by atoms with van der Waals surface area (Å²) in [6, 6.07) is 9.92. The number of anilines is 1. The van der Waals surface area contributed by atoms with Crippen LogP contribution >= 0.6 is 0 Å². The molecule has 1 aromatic carbocycles. The summed E-state index contributed by atoms with van der Waals surface area (Å²) in [4.78, 5) is 0. The second kappa shape index (κ2) is 4.37. The van der Waals surface area contributed by atoms with Crippen LogP contribution in [0.2, 0.25) is 0 Å². The van der Waals surface area contributed by atoms with E-state index in [0.717, 1.165) is 17.0 Å². The van der Waals surface area contributed by atoms with Crippen LogP contribution < -0.4 is 10.5 Å². The van der Waals surface area contributed by atoms with E-state index in [0.29, 0.717) is 11.9 Å². The van der Waals surface area contributed by atoms with Crippen molar-refractivity contribution < 1.29 is 4.74 Å². The molecule has 0 spiro atoms. The molecule has 4 heteroatoms. The lowest BCUT2D eigenvalue weighted by Crippen LogP contribution is -2.24. The van der Waals surface area contributed by atoms with Crippen LogP contribution in [0.25, 0.3) is 11.3 Å². The summed E-state index contributed by atoms with van der Waals surface area (Å²) in [7, 11) is 1.84. The van der Waals surface area contributed by atoms with Crippen LogP contribution in [-0.2, 0) is 7.05 Å². The topological polar surface area (TPSA) is 53.1 Å². The van der Waals surface area contributed by atoms with Gasteiger partial charge < -0.3 is 10.5 Å². The number of rotatable bonds is 3. The largest absolute Gasteiger partial charge is 0.490 e. The average molecular weight is 243 g/mol. The minimum atomic E-state index is 0.397. The normalized spacial score (nSPS) is 15.4. The van der Waals surface area contributed by atoms with E-state index in [4.69, 9.17) is 10.5 Å². The van der Waals surface area contributed by atoms with E-state index in [9.17, 15) is 0 Å². The van der Waals surface area contributed by atoms with Crippen molar-refractivity contribution in [1.29, 1.82) is 0 Å². The van der Waals surface area contributed by atoms with Crippen molar-refractivity contribution in [3.63, 3.8) is 0 Å². The molecule has 1 aliphatic carbocycles. The molecule has 1 saturated carbocycles. The molecule has 0 radical (unpaired) electrons. The van der Waals surface area contributed by atoms with Gasteiger partial charge in [-0.25, -0.2) is 0 Å². The predicted octanol–water partition coefficient (Wildman–Crippen LogP) is 2.60. The van der Waals surface area contributed by atoms with Gasteiger partial charge in [0.15, 0.2) is 0 Å². The quantitative estimate of drug-likeness (QED) is 0.901. The average Bonchev–Trinajstić information content (AvgIpc) is 2.65. The number of aromatic nitrogens is 2. The van der Waals surface area contributed by atoms with Gasteiger partial charge in [0, 0.05) is 18.7 Å². The molecule has 94 valence electrons. The van der Waals surface area contributed by atoms with Crippen LogP contribution in [0.4, 0.5) is 5.82 Å². The van der Waals surface area contributed by atoms with Crippen molar-refractivity contribution >= 4 is 5.82 Å². The molecule has 0 atom stereocenters. The van der Waals surface area contributed by atoms with Crippen LogP contribution in [0.3, 0.4) is 0 Å². The zero-order valence-electron chi connectivity index (χ0n) is 10.5. The minimum Gasteiger partial charge on any atom is -0.490 e. The Labute approximate surface area is 106 Å². The summed E-state index contributed by atoms with van der Waals surface area (Å²) < 4.78 is 7.56. The van der Waals surface area contributed by atoms with Crippen LogP contribution in [0, 0.1) is 0 Å². The molecule has 3 rings (SSSR count). The van der Waals surface area contributed by atoms with Crippen LogP contribution in [-0.4, -0.2) is 15.9 Å². The molecule has 1 aliphatic rings. The molecule has 4 nitrogen and oxygen atoms in total. The molecule has 0 aliphatic heterocycles. The smallest absolute Gasteiger partial charge is 0.121 e. The number of nitrogens with zero attached hydrogens (tertiary/aromatic N) is 2. The number of aryl methyl sites for hydroxylation is 1. The molecular weight excluding hydrogens is 226 g/mol. The summed E-state index contributed by atoms with van der Waals surface area (Å²) in [6.07, 6.45) is 4.01. The fourth-order valence-electron chi connectivity index (χ4n) is 2.03. The van der Waals surface area contributed by atoms with Gasteiger partial charge in [0.1, 0.15) is 11.6 Å². The molecule has 0 amide bonds. The maximum atomic E-state index is 5.88. The van der Waals surface area contributed by atoms with Gasteiger partial charge >= 0.3 is 0 Å². The number of hydrogen-bond acceptors (Lipinski definition) is 3. The van der Waals surface area contributed by atoms with Gasteiger partial charge in [-0.05, 0) is 31.4 Å². The summed E-state index contributed by atoms with van der Waals surface area (Å²) in [5.74, 6) is 1.58. The molecule has 1 heterocycles. The SMILES string of the molecule is Cn1nc(-c2cccc(OC3CCC3)c2)cc1N. The zero-order chi connectivity index (χ0) is 12.5. The standard InChI is InChI=1S/C14H17N3O/c1-17-14(15)9-13(16-17)10-4-2-7-12(8-10)18-11-5-3-6-11/h2,4,7-9,11H,3,5-6,15H2,1H3. The Morgan fingerprint density at radius 3 is 2.78 bits per heavy atom. The Morgan fingerprint density at radius 1 is 1.33 bits per heavy atom. The molecule has 1 aromatic heterocycles. The van der Waals surface area contributed by atoms with E-state index in [-0.39, 0.29) is 0 Å². The maximum Gasteiger partial charge on any atom is 0.121 e. The van der Waals surface area contributed by atoms with Crippen LogP contribution in [0.1, 0.15) is 19.3 Å². The van der Waals surface area contributed by atoms with Gasteiger partial charge in [0.05, 0.1) is 11.8 Å². The van der Waals surface area contributed by atoms with Gasteiger partial charge in [-0.3, -0.25) is 4.68 Å². The lowest BCUT2D eigenvalue weighted by Gasteiger charge is -2.26. The fraction of sp³-hybridized carbons (Fsp3) is 0.357. The number of benzene rings is 1. The van der Waals surface area contributed by atoms with Crippen molar-refractivity contribution in [2.75, 3.05) is 5.73 Å². The van der Waals surface area contributed by atoms with Crippen molar-refractivity contribution in [2.45, 2.75) is 25.4 Å². The highest BCUT2D eigenvalue weighted by Crippen LogP contribution is 2.28. The number of ether oxygens (including phenoxy) is 1. The second-order valence-corrected chi connectivity index (χ2v) is 4.78. The molecular formula is C14H17N3O. The first kappa shape index (κ1) is 11.1. The second-order valence-electron chi connectivity index (χ2n) is 4.78. The summed E-state index contributed by atoms with van der Waals surface area (Å²) in [5, 5.41) is 4.37. The van der Waals surface area contributed by atoms with E-state index in [1.165, 1.54) is 19.3 Å². The van der Waals surface area contributed by atoms with Crippen molar-refractivity contribution in [3.8, 4) is 17.0 Å². The number of hydrogen-bond donors (Lipinski definition) is 1. The van der Waals surface area contributed by atoms with E-state index in [2.05, 4.69) is 5.10 Å². The summed E-state index contributed by atoms with van der Waals surface area (Å²) in [6.45, 7) is 0. The van der Waals surface area contributed by atoms with Crippen LogP contribution in [0.5, 0.6) is 5.75 Å². The lowest BCUT2D eigenvalue weighted by molar-refractivity contribution is 0.120. The third-order valence-electron chi connectivity index (χ3n) is 3.40. The molecule has 0 unspecified atom stereocenters. The third kappa shape index (κ3) is 2.06. The number of nitrogens with two attached hydrogens (primary N) is 1. The minimum absolute atomic E-state index is 0.397. The van der Waals surface area contributed by atoms with Crippen molar-refractivity contribution in [3.05, 3.63) is 30.3 Å². The van der Waals surface area contributed by atoms with Gasteiger partial charge in [0.25, 0.3) is 0 Å². The molecule has 2 aromatic rings.